The summed E-state index contributed by atoms with van der Waals surface area (Å²) in [4.78, 5) is 3.61. The van der Waals surface area contributed by atoms with Gasteiger partial charge in [0.1, 0.15) is 11.2 Å². The predicted molar refractivity (Wildman–Crippen MR) is 297 cm³/mol. The molecule has 332 valence electrons. The summed E-state index contributed by atoms with van der Waals surface area (Å²) < 4.78 is 7.72. The second kappa shape index (κ2) is 17.2. The first-order valence-corrected chi connectivity index (χ1v) is 24.9. The molecule has 2 atom stereocenters. The molecule has 2 aromatic heterocycles. The van der Waals surface area contributed by atoms with E-state index in [9.17, 15) is 0 Å². The Bertz CT molecular complexity index is 3850. The van der Waals surface area contributed by atoms with E-state index in [2.05, 4.69) is 254 Å². The van der Waals surface area contributed by atoms with Crippen LogP contribution in [-0.2, 0) is 5.41 Å². The highest BCUT2D eigenvalue weighted by Gasteiger charge is 2.45. The highest BCUT2D eigenvalue weighted by Crippen LogP contribution is 2.56. The van der Waals surface area contributed by atoms with Crippen LogP contribution in [0.1, 0.15) is 33.6 Å². The minimum atomic E-state index is -0.307. The van der Waals surface area contributed by atoms with Crippen LogP contribution in [-0.4, -0.2) is 0 Å². The van der Waals surface area contributed by atoms with Crippen LogP contribution in [0.15, 0.2) is 260 Å². The second-order valence-corrected chi connectivity index (χ2v) is 19.4. The Morgan fingerprint density at radius 1 is 0.514 bits per heavy atom. The van der Waals surface area contributed by atoms with Gasteiger partial charge in [-0.05, 0) is 105 Å². The highest BCUT2D eigenvalue weighted by atomic mass is 32.1. The van der Waals surface area contributed by atoms with Crippen LogP contribution < -0.4 is 4.90 Å². The van der Waals surface area contributed by atoms with Gasteiger partial charge in [0.05, 0.1) is 0 Å². The molecule has 0 fully saturated rings. The summed E-state index contributed by atoms with van der Waals surface area (Å²) >= 11 is 1.89. The van der Waals surface area contributed by atoms with Crippen molar-refractivity contribution in [2.24, 2.45) is 5.92 Å². The molecule has 2 unspecified atom stereocenters. The molecule has 0 saturated heterocycles. The summed E-state index contributed by atoms with van der Waals surface area (Å²) in [7, 11) is 0. The molecule has 70 heavy (non-hydrogen) atoms. The molecule has 0 amide bonds. The number of furan rings is 1. The van der Waals surface area contributed by atoms with Gasteiger partial charge in [0.15, 0.2) is 0 Å². The van der Waals surface area contributed by atoms with E-state index in [0.717, 1.165) is 56.5 Å². The van der Waals surface area contributed by atoms with E-state index in [1.54, 1.807) is 0 Å². The number of hydrogen-bond acceptors (Lipinski definition) is 3. The van der Waals surface area contributed by atoms with Crippen molar-refractivity contribution in [3.8, 4) is 33.4 Å². The molecule has 2 heterocycles. The Balaban J connectivity index is 0.899. The topological polar surface area (TPSA) is 16.4 Å². The van der Waals surface area contributed by atoms with Crippen LogP contribution >= 0.6 is 11.3 Å². The lowest BCUT2D eigenvalue weighted by atomic mass is 9.65. The zero-order valence-electron chi connectivity index (χ0n) is 38.5. The number of fused-ring (bicyclic) bond motifs is 5. The Kier molecular flexibility index (Phi) is 10.3. The number of anilines is 3. The molecular formula is C67H47NOS. The highest BCUT2D eigenvalue weighted by molar-refractivity contribution is 7.21. The molecule has 9 aromatic carbocycles. The van der Waals surface area contributed by atoms with Crippen LogP contribution in [0, 0.1) is 5.92 Å². The Morgan fingerprint density at radius 2 is 1.09 bits per heavy atom. The summed E-state index contributed by atoms with van der Waals surface area (Å²) in [6, 6.07) is 79.1. The van der Waals surface area contributed by atoms with E-state index in [-0.39, 0.29) is 11.3 Å². The molecule has 0 N–H and O–H groups in total. The molecule has 11 aromatic rings. The third kappa shape index (κ3) is 6.84. The van der Waals surface area contributed by atoms with Crippen LogP contribution in [0.2, 0.25) is 0 Å². The van der Waals surface area contributed by atoms with Crippen molar-refractivity contribution in [1.29, 1.82) is 0 Å². The number of para-hydroxylation sites is 2. The van der Waals surface area contributed by atoms with Gasteiger partial charge in [-0.1, -0.05) is 219 Å². The molecule has 2 nitrogen and oxygen atoms in total. The molecule has 0 radical (unpaired) electrons. The fraction of sp³-hybridized carbons (Fsp3) is 0.0448. The smallest absolute Gasteiger partial charge is 0.143 e. The summed E-state index contributed by atoms with van der Waals surface area (Å²) in [5, 5.41) is 3.49. The number of thiophene rings is 1. The summed E-state index contributed by atoms with van der Waals surface area (Å²) in [6.45, 7) is 4.43. The van der Waals surface area contributed by atoms with E-state index in [0.29, 0.717) is 0 Å². The Morgan fingerprint density at radius 3 is 1.79 bits per heavy atom. The third-order valence-corrected chi connectivity index (χ3v) is 15.9. The van der Waals surface area contributed by atoms with Crippen LogP contribution in [0.3, 0.4) is 0 Å². The molecule has 2 aliphatic rings. The third-order valence-electron chi connectivity index (χ3n) is 14.6. The maximum Gasteiger partial charge on any atom is 0.143 e. The van der Waals surface area contributed by atoms with Gasteiger partial charge < -0.3 is 9.32 Å². The number of benzene rings is 9. The van der Waals surface area contributed by atoms with E-state index < -0.39 is 0 Å². The summed E-state index contributed by atoms with van der Waals surface area (Å²) in [5.41, 5.74) is 18.1. The first-order chi connectivity index (χ1) is 34.7. The van der Waals surface area contributed by atoms with E-state index >= 15 is 0 Å². The lowest BCUT2D eigenvalue weighted by Crippen LogP contribution is -2.32. The quantitative estimate of drug-likeness (QED) is 0.136. The second-order valence-electron chi connectivity index (χ2n) is 18.3. The van der Waals surface area contributed by atoms with Crippen molar-refractivity contribution >= 4 is 72.1 Å². The molecule has 0 spiro atoms. The number of hydrogen-bond donors (Lipinski definition) is 0. The van der Waals surface area contributed by atoms with E-state index in [1.165, 1.54) is 65.0 Å². The zero-order valence-corrected chi connectivity index (χ0v) is 39.3. The van der Waals surface area contributed by atoms with Gasteiger partial charge in [-0.3, -0.25) is 0 Å². The monoisotopic (exact) mass is 913 g/mol. The van der Waals surface area contributed by atoms with Crippen molar-refractivity contribution in [3.63, 3.8) is 0 Å². The summed E-state index contributed by atoms with van der Waals surface area (Å²) in [5.74, 6) is 0.283. The molecule has 0 bridgehead atoms. The lowest BCUT2D eigenvalue weighted by molar-refractivity contribution is 0.469. The molecular weight excluding hydrogens is 867 g/mol. The Labute approximate surface area is 412 Å². The minimum Gasteiger partial charge on any atom is -0.455 e. The first-order valence-electron chi connectivity index (χ1n) is 24.1. The van der Waals surface area contributed by atoms with Gasteiger partial charge >= 0.3 is 0 Å². The lowest BCUT2D eigenvalue weighted by Gasteiger charge is -2.37. The number of allylic oxidation sites excluding steroid dienone is 5. The van der Waals surface area contributed by atoms with Gasteiger partial charge in [0.25, 0.3) is 0 Å². The predicted octanol–water partition coefficient (Wildman–Crippen LogP) is 18.8. The zero-order chi connectivity index (χ0) is 46.6. The van der Waals surface area contributed by atoms with Crippen molar-refractivity contribution in [2.45, 2.75) is 11.8 Å². The normalized spacial score (nSPS) is 16.2. The largest absolute Gasteiger partial charge is 0.455 e. The maximum atomic E-state index is 6.46. The fourth-order valence-corrected chi connectivity index (χ4v) is 12.6. The van der Waals surface area contributed by atoms with Crippen molar-refractivity contribution in [3.05, 3.63) is 282 Å². The number of nitrogens with zero attached hydrogens (tertiary/aromatic N) is 1. The van der Waals surface area contributed by atoms with Crippen LogP contribution in [0.4, 0.5) is 17.1 Å². The molecule has 13 rings (SSSR count). The van der Waals surface area contributed by atoms with E-state index in [4.69, 9.17) is 4.42 Å². The van der Waals surface area contributed by atoms with Gasteiger partial charge in [0, 0.05) is 59.3 Å². The van der Waals surface area contributed by atoms with E-state index in [1.807, 2.05) is 23.5 Å². The Hall–Kier alpha value is -8.50. The molecule has 3 heteroatoms. The van der Waals surface area contributed by atoms with Crippen molar-refractivity contribution in [1.82, 2.24) is 0 Å². The van der Waals surface area contributed by atoms with Gasteiger partial charge in [-0.25, -0.2) is 0 Å². The molecule has 0 saturated carbocycles. The maximum absolute atomic E-state index is 6.46. The average molecular weight is 914 g/mol. The number of rotatable bonds is 10. The van der Waals surface area contributed by atoms with Gasteiger partial charge in [-0.2, -0.15) is 0 Å². The standard InChI is InChI=1S/C67H47NOS/c1-2-54-60-29-17-27-56(66(60)70-65(54)61-44-67(49-20-8-4-9-21-49,50-22-10-5-11-23-50)62-30-14-12-24-57(61)62)48-36-42-53(43-37-48)68(51-38-32-46(33-39-51)45-18-6-3-7-19-45)52-40-34-47(35-41-52)55-26-16-28-59-58-25-13-15-31-63(58)69-64(55)59/h2-22,24-44,50H,1,23H2. The van der Waals surface area contributed by atoms with Gasteiger partial charge in [0.2, 0.25) is 0 Å². The van der Waals surface area contributed by atoms with Crippen molar-refractivity contribution in [2.75, 3.05) is 4.90 Å². The first kappa shape index (κ1) is 41.7. The minimum absolute atomic E-state index is 0.283. The summed E-state index contributed by atoms with van der Waals surface area (Å²) in [6.07, 6.45) is 14.8. The van der Waals surface area contributed by atoms with Gasteiger partial charge in [-0.15, -0.1) is 11.3 Å². The van der Waals surface area contributed by atoms with Crippen molar-refractivity contribution < 1.29 is 4.42 Å². The SMILES string of the molecule is C=Cc1c(C2=CC(c3ccccc3)(C3C=CC=CC3)c3ccccc32)sc2c(-c3ccc(N(c4ccc(-c5ccccc5)cc4)c4ccc(-c5cccc6c5oc5ccccc56)cc4)cc3)cccc12. The molecule has 0 aliphatic heterocycles. The van der Waals surface area contributed by atoms with Crippen LogP contribution in [0.25, 0.3) is 77.1 Å². The molecule has 2 aliphatic carbocycles. The average Bonchev–Trinajstić information content (AvgIpc) is 4.13. The van der Waals surface area contributed by atoms with Crippen LogP contribution in [0.5, 0.6) is 0 Å². The fourth-order valence-electron chi connectivity index (χ4n) is 11.2.